The fraction of sp³-hybridized carbons (Fsp3) is 0.412. The van der Waals surface area contributed by atoms with E-state index in [2.05, 4.69) is 44.5 Å². The third kappa shape index (κ3) is 2.76. The van der Waals surface area contributed by atoms with Crippen LogP contribution < -0.4 is 10.2 Å². The van der Waals surface area contributed by atoms with Crippen molar-refractivity contribution >= 4 is 11.5 Å². The number of fused-ring (bicyclic) bond motifs is 1. The first-order chi connectivity index (χ1) is 10.4. The Morgan fingerprint density at radius 2 is 2.05 bits per heavy atom. The van der Waals surface area contributed by atoms with Gasteiger partial charge in [0.2, 0.25) is 0 Å². The fourth-order valence-corrected chi connectivity index (χ4v) is 2.89. The van der Waals surface area contributed by atoms with E-state index >= 15 is 0 Å². The molecular formula is C17H20N4. The van der Waals surface area contributed by atoms with Crippen molar-refractivity contribution < 1.29 is 0 Å². The zero-order chi connectivity index (χ0) is 14.1. The van der Waals surface area contributed by atoms with Crippen molar-refractivity contribution in [2.45, 2.75) is 38.3 Å². The summed E-state index contributed by atoms with van der Waals surface area (Å²) in [6, 6.07) is 9.31. The molecule has 2 aliphatic rings. The largest absolute Gasteiger partial charge is 0.325 e. The number of para-hydroxylation sites is 1. The number of aryl methyl sites for hydroxylation is 1. The lowest BCUT2D eigenvalue weighted by Gasteiger charge is -2.30. The molecule has 2 aromatic rings. The highest BCUT2D eigenvalue weighted by Crippen LogP contribution is 2.31. The van der Waals surface area contributed by atoms with Crippen LogP contribution in [0.5, 0.6) is 0 Å². The van der Waals surface area contributed by atoms with E-state index in [1.165, 1.54) is 30.5 Å². The Hall–Kier alpha value is -1.94. The summed E-state index contributed by atoms with van der Waals surface area (Å²) in [5, 5.41) is 3.47. The molecule has 4 nitrogen and oxygen atoms in total. The lowest BCUT2D eigenvalue weighted by atomic mass is 10.0. The van der Waals surface area contributed by atoms with Gasteiger partial charge in [0, 0.05) is 24.8 Å². The third-order valence-electron chi connectivity index (χ3n) is 4.23. The summed E-state index contributed by atoms with van der Waals surface area (Å²) in [4.78, 5) is 11.5. The van der Waals surface area contributed by atoms with E-state index in [1.807, 2.05) is 12.4 Å². The molecule has 4 rings (SSSR count). The van der Waals surface area contributed by atoms with E-state index in [9.17, 15) is 0 Å². The Kier molecular flexibility index (Phi) is 3.31. The zero-order valence-corrected chi connectivity index (χ0v) is 12.1. The number of anilines is 2. The van der Waals surface area contributed by atoms with Gasteiger partial charge in [-0.1, -0.05) is 18.2 Å². The number of hydrogen-bond acceptors (Lipinski definition) is 4. The number of rotatable bonds is 4. The summed E-state index contributed by atoms with van der Waals surface area (Å²) in [6.45, 7) is 1.85. The second-order valence-electron chi connectivity index (χ2n) is 5.91. The zero-order valence-electron chi connectivity index (χ0n) is 12.1. The molecule has 1 aromatic carbocycles. The van der Waals surface area contributed by atoms with Crippen molar-refractivity contribution in [1.82, 2.24) is 15.3 Å². The van der Waals surface area contributed by atoms with E-state index < -0.39 is 0 Å². The van der Waals surface area contributed by atoms with Crippen molar-refractivity contribution in [1.29, 1.82) is 0 Å². The first-order valence-electron chi connectivity index (χ1n) is 7.80. The first kappa shape index (κ1) is 12.8. The quantitative estimate of drug-likeness (QED) is 0.935. The van der Waals surface area contributed by atoms with Crippen molar-refractivity contribution in [2.24, 2.45) is 0 Å². The van der Waals surface area contributed by atoms with Crippen molar-refractivity contribution in [2.75, 3.05) is 11.4 Å². The molecular weight excluding hydrogens is 260 g/mol. The fourth-order valence-electron chi connectivity index (χ4n) is 2.89. The Morgan fingerprint density at radius 3 is 2.86 bits per heavy atom. The molecule has 1 N–H and O–H groups in total. The predicted molar refractivity (Wildman–Crippen MR) is 83.7 cm³/mol. The van der Waals surface area contributed by atoms with Crippen LogP contribution in [0.25, 0.3) is 0 Å². The van der Waals surface area contributed by atoms with Crippen molar-refractivity contribution in [3.63, 3.8) is 0 Å². The molecule has 4 heteroatoms. The summed E-state index contributed by atoms with van der Waals surface area (Å²) in [5.74, 6) is 0.956. The number of aromatic nitrogens is 2. The molecule has 0 radical (unpaired) electrons. The van der Waals surface area contributed by atoms with Crippen LogP contribution in [0.3, 0.4) is 0 Å². The summed E-state index contributed by atoms with van der Waals surface area (Å²) < 4.78 is 0. The van der Waals surface area contributed by atoms with Crippen molar-refractivity contribution in [3.8, 4) is 0 Å². The van der Waals surface area contributed by atoms with Crippen LogP contribution in [0, 0.1) is 0 Å². The molecule has 0 saturated heterocycles. The highest BCUT2D eigenvalue weighted by Gasteiger charge is 2.21. The average Bonchev–Trinajstić information content (AvgIpc) is 3.37. The van der Waals surface area contributed by atoms with Gasteiger partial charge in [0.15, 0.2) is 5.82 Å². The minimum absolute atomic E-state index is 0.709. The normalized spacial score (nSPS) is 17.6. The number of benzene rings is 1. The van der Waals surface area contributed by atoms with Crippen LogP contribution in [0.1, 0.15) is 30.5 Å². The Morgan fingerprint density at radius 1 is 1.14 bits per heavy atom. The molecule has 1 aliphatic heterocycles. The van der Waals surface area contributed by atoms with E-state index in [0.29, 0.717) is 6.04 Å². The summed E-state index contributed by atoms with van der Waals surface area (Å²) in [7, 11) is 0. The summed E-state index contributed by atoms with van der Waals surface area (Å²) in [6.07, 6.45) is 8.74. The molecule has 1 saturated carbocycles. The van der Waals surface area contributed by atoms with Gasteiger partial charge in [-0.05, 0) is 37.3 Å². The topological polar surface area (TPSA) is 41.1 Å². The first-order valence-corrected chi connectivity index (χ1v) is 7.80. The molecule has 1 fully saturated rings. The smallest absolute Gasteiger partial charge is 0.151 e. The van der Waals surface area contributed by atoms with Crippen LogP contribution in [0.15, 0.2) is 36.7 Å². The van der Waals surface area contributed by atoms with Gasteiger partial charge in [-0.3, -0.25) is 4.98 Å². The van der Waals surface area contributed by atoms with Crippen LogP contribution in [-0.2, 0) is 13.0 Å². The molecule has 0 bridgehead atoms. The predicted octanol–water partition coefficient (Wildman–Crippen LogP) is 2.81. The van der Waals surface area contributed by atoms with Crippen LogP contribution >= 0.6 is 0 Å². The average molecular weight is 280 g/mol. The maximum Gasteiger partial charge on any atom is 0.151 e. The van der Waals surface area contributed by atoms with Gasteiger partial charge in [0.05, 0.1) is 18.1 Å². The maximum absolute atomic E-state index is 4.62. The summed E-state index contributed by atoms with van der Waals surface area (Å²) >= 11 is 0. The lowest BCUT2D eigenvalue weighted by Crippen LogP contribution is -2.25. The molecule has 0 amide bonds. The second kappa shape index (κ2) is 5.45. The minimum Gasteiger partial charge on any atom is -0.325 e. The maximum atomic E-state index is 4.62. The lowest BCUT2D eigenvalue weighted by molar-refractivity contribution is 0.670. The number of hydrogen-bond donors (Lipinski definition) is 1. The number of nitrogens with one attached hydrogen (secondary N) is 1. The van der Waals surface area contributed by atoms with Crippen LogP contribution in [0.2, 0.25) is 0 Å². The van der Waals surface area contributed by atoms with Crippen LogP contribution in [0.4, 0.5) is 11.5 Å². The van der Waals surface area contributed by atoms with Gasteiger partial charge >= 0.3 is 0 Å². The van der Waals surface area contributed by atoms with E-state index in [-0.39, 0.29) is 0 Å². The SMILES string of the molecule is c1ccc2c(c1)CCCN2c1cnc(CNC2CC2)cn1. The Balaban J connectivity index is 1.53. The van der Waals surface area contributed by atoms with E-state index in [4.69, 9.17) is 0 Å². The molecule has 0 spiro atoms. The standard InChI is InChI=1S/C17H20N4/c1-2-6-16-13(4-1)5-3-9-21(16)17-12-19-15(11-20-17)10-18-14-7-8-14/h1-2,4,6,11-12,14,18H,3,5,7-10H2. The van der Waals surface area contributed by atoms with Crippen molar-refractivity contribution in [3.05, 3.63) is 47.9 Å². The monoisotopic (exact) mass is 280 g/mol. The molecule has 108 valence electrons. The van der Waals surface area contributed by atoms with Gasteiger partial charge in [0.25, 0.3) is 0 Å². The third-order valence-corrected chi connectivity index (χ3v) is 4.23. The van der Waals surface area contributed by atoms with Gasteiger partial charge in [-0.15, -0.1) is 0 Å². The molecule has 1 aliphatic carbocycles. The Labute approximate surface area is 125 Å². The van der Waals surface area contributed by atoms with Gasteiger partial charge in [0.1, 0.15) is 0 Å². The molecule has 2 heterocycles. The van der Waals surface area contributed by atoms with Gasteiger partial charge in [-0.25, -0.2) is 4.98 Å². The molecule has 0 atom stereocenters. The minimum atomic E-state index is 0.709. The van der Waals surface area contributed by atoms with Gasteiger partial charge in [-0.2, -0.15) is 0 Å². The Bertz CT molecular complexity index is 619. The van der Waals surface area contributed by atoms with E-state index in [0.717, 1.165) is 31.0 Å². The second-order valence-corrected chi connectivity index (χ2v) is 5.91. The highest BCUT2D eigenvalue weighted by molar-refractivity contribution is 5.64. The number of nitrogens with zero attached hydrogens (tertiary/aromatic N) is 3. The highest BCUT2D eigenvalue weighted by atomic mass is 15.2. The van der Waals surface area contributed by atoms with Gasteiger partial charge < -0.3 is 10.2 Å². The van der Waals surface area contributed by atoms with Crippen LogP contribution in [-0.4, -0.2) is 22.6 Å². The summed E-state index contributed by atoms with van der Waals surface area (Å²) in [5.41, 5.74) is 3.71. The molecule has 0 unspecified atom stereocenters. The van der Waals surface area contributed by atoms with E-state index in [1.54, 1.807) is 0 Å². The molecule has 1 aromatic heterocycles. The molecule has 21 heavy (non-hydrogen) atoms.